The van der Waals surface area contributed by atoms with Crippen LogP contribution in [0.15, 0.2) is 42.5 Å². The fourth-order valence-electron chi connectivity index (χ4n) is 3.31. The molecule has 20 heavy (non-hydrogen) atoms. The highest BCUT2D eigenvalue weighted by atomic mass is 16.2. The molecule has 2 bridgehead atoms. The van der Waals surface area contributed by atoms with Gasteiger partial charge < -0.3 is 10.6 Å². The summed E-state index contributed by atoms with van der Waals surface area (Å²) in [5, 5.41) is 6.07. The molecule has 1 saturated carbocycles. The lowest BCUT2D eigenvalue weighted by Gasteiger charge is -2.20. The van der Waals surface area contributed by atoms with E-state index >= 15 is 0 Å². The summed E-state index contributed by atoms with van der Waals surface area (Å²) in [7, 11) is 0. The minimum atomic E-state index is -0.0102. The summed E-state index contributed by atoms with van der Waals surface area (Å²) >= 11 is 0. The van der Waals surface area contributed by atoms with Gasteiger partial charge in [-0.2, -0.15) is 0 Å². The third kappa shape index (κ3) is 3.21. The first-order valence-electron chi connectivity index (χ1n) is 7.58. The van der Waals surface area contributed by atoms with Gasteiger partial charge in [0.05, 0.1) is 0 Å². The largest absolute Gasteiger partial charge is 0.338 e. The van der Waals surface area contributed by atoms with Gasteiger partial charge in [0.25, 0.3) is 0 Å². The molecule has 0 aromatic heterocycles. The van der Waals surface area contributed by atoms with Crippen LogP contribution in [0.2, 0.25) is 0 Å². The summed E-state index contributed by atoms with van der Waals surface area (Å²) in [5.74, 6) is 1.26. The molecule has 0 spiro atoms. The first-order valence-corrected chi connectivity index (χ1v) is 7.58. The Labute approximate surface area is 120 Å². The van der Waals surface area contributed by atoms with Crippen molar-refractivity contribution >= 4 is 6.03 Å². The van der Waals surface area contributed by atoms with Gasteiger partial charge in [0.2, 0.25) is 0 Å². The van der Waals surface area contributed by atoms with E-state index in [1.807, 2.05) is 6.07 Å². The number of aryl methyl sites for hydroxylation is 1. The molecule has 2 amide bonds. The van der Waals surface area contributed by atoms with Crippen LogP contribution in [0.5, 0.6) is 0 Å². The van der Waals surface area contributed by atoms with Crippen molar-refractivity contribution in [3.05, 3.63) is 48.0 Å². The summed E-state index contributed by atoms with van der Waals surface area (Å²) in [6.45, 7) is 0.734. The van der Waals surface area contributed by atoms with Gasteiger partial charge in [-0.25, -0.2) is 4.79 Å². The zero-order valence-corrected chi connectivity index (χ0v) is 11.7. The number of carbonyl (C=O) groups excluding carboxylic acids is 1. The topological polar surface area (TPSA) is 41.1 Å². The highest BCUT2D eigenvalue weighted by Gasteiger charge is 2.36. The Balaban J connectivity index is 1.33. The Morgan fingerprint density at radius 3 is 2.70 bits per heavy atom. The highest BCUT2D eigenvalue weighted by Crippen LogP contribution is 2.38. The number of carbonyl (C=O) groups is 1. The van der Waals surface area contributed by atoms with Gasteiger partial charge in [0.15, 0.2) is 0 Å². The zero-order valence-electron chi connectivity index (χ0n) is 11.7. The quantitative estimate of drug-likeness (QED) is 0.627. The summed E-state index contributed by atoms with van der Waals surface area (Å²) in [4.78, 5) is 11.8. The number of benzene rings is 1. The summed E-state index contributed by atoms with van der Waals surface area (Å²) in [6.07, 6.45) is 8.87. The zero-order chi connectivity index (χ0) is 13.8. The van der Waals surface area contributed by atoms with Crippen molar-refractivity contribution in [2.75, 3.05) is 6.54 Å². The summed E-state index contributed by atoms with van der Waals surface area (Å²) in [6, 6.07) is 10.7. The standard InChI is InChI=1S/C17H22N2O/c20-17(19-16-12-14-8-9-15(16)11-14)18-10-4-7-13-5-2-1-3-6-13/h1-3,5-6,8-9,14-16H,4,7,10-12H2,(H2,18,19,20). The number of amides is 2. The van der Waals surface area contributed by atoms with Crippen LogP contribution < -0.4 is 10.6 Å². The smallest absolute Gasteiger partial charge is 0.315 e. The van der Waals surface area contributed by atoms with E-state index in [4.69, 9.17) is 0 Å². The average molecular weight is 270 g/mol. The number of hydrogen-bond donors (Lipinski definition) is 2. The molecule has 2 aliphatic rings. The molecule has 1 fully saturated rings. The minimum absolute atomic E-state index is 0.0102. The van der Waals surface area contributed by atoms with Gasteiger partial charge in [-0.05, 0) is 43.1 Å². The Morgan fingerprint density at radius 1 is 1.15 bits per heavy atom. The van der Waals surface area contributed by atoms with Crippen LogP contribution in [0.1, 0.15) is 24.8 Å². The molecule has 2 aliphatic carbocycles. The second-order valence-electron chi connectivity index (χ2n) is 5.88. The van der Waals surface area contributed by atoms with Crippen LogP contribution in [0.4, 0.5) is 4.79 Å². The Bertz CT molecular complexity index is 483. The van der Waals surface area contributed by atoms with Crippen LogP contribution in [-0.4, -0.2) is 18.6 Å². The Hall–Kier alpha value is -1.77. The van der Waals surface area contributed by atoms with Gasteiger partial charge in [-0.3, -0.25) is 0 Å². The van der Waals surface area contributed by atoms with Crippen molar-refractivity contribution in [1.29, 1.82) is 0 Å². The van der Waals surface area contributed by atoms with Crippen molar-refractivity contribution in [3.63, 3.8) is 0 Å². The van der Waals surface area contributed by atoms with E-state index in [9.17, 15) is 4.79 Å². The lowest BCUT2D eigenvalue weighted by molar-refractivity contribution is 0.235. The van der Waals surface area contributed by atoms with E-state index in [0.717, 1.165) is 25.8 Å². The number of hydrogen-bond acceptors (Lipinski definition) is 1. The maximum absolute atomic E-state index is 11.8. The second kappa shape index (κ2) is 6.12. The van der Waals surface area contributed by atoms with Gasteiger partial charge in [0, 0.05) is 12.6 Å². The van der Waals surface area contributed by atoms with Crippen molar-refractivity contribution in [1.82, 2.24) is 10.6 Å². The lowest BCUT2D eigenvalue weighted by Crippen LogP contribution is -2.44. The molecule has 3 nitrogen and oxygen atoms in total. The molecule has 1 aromatic carbocycles. The second-order valence-corrected chi connectivity index (χ2v) is 5.88. The lowest BCUT2D eigenvalue weighted by atomic mass is 10.0. The molecule has 3 rings (SSSR count). The molecule has 0 saturated heterocycles. The molecule has 106 valence electrons. The highest BCUT2D eigenvalue weighted by molar-refractivity contribution is 5.74. The van der Waals surface area contributed by atoms with Crippen LogP contribution in [-0.2, 0) is 6.42 Å². The number of rotatable bonds is 5. The monoisotopic (exact) mass is 270 g/mol. The molecule has 3 unspecified atom stereocenters. The van der Waals surface area contributed by atoms with Gasteiger partial charge in [-0.1, -0.05) is 42.5 Å². The van der Waals surface area contributed by atoms with E-state index in [-0.39, 0.29) is 6.03 Å². The number of allylic oxidation sites excluding steroid dienone is 1. The van der Waals surface area contributed by atoms with E-state index in [0.29, 0.717) is 17.9 Å². The maximum Gasteiger partial charge on any atom is 0.315 e. The van der Waals surface area contributed by atoms with Crippen molar-refractivity contribution in [2.24, 2.45) is 11.8 Å². The Morgan fingerprint density at radius 2 is 2.00 bits per heavy atom. The minimum Gasteiger partial charge on any atom is -0.338 e. The van der Waals surface area contributed by atoms with Crippen molar-refractivity contribution < 1.29 is 4.79 Å². The molecule has 0 radical (unpaired) electrons. The van der Waals surface area contributed by atoms with Crippen LogP contribution >= 0.6 is 0 Å². The summed E-state index contributed by atoms with van der Waals surface area (Å²) < 4.78 is 0. The fraction of sp³-hybridized carbons (Fsp3) is 0.471. The van der Waals surface area contributed by atoms with Gasteiger partial charge in [0.1, 0.15) is 0 Å². The third-order valence-electron chi connectivity index (χ3n) is 4.37. The molecule has 3 heteroatoms. The van der Waals surface area contributed by atoms with E-state index in [2.05, 4.69) is 47.1 Å². The van der Waals surface area contributed by atoms with Crippen LogP contribution in [0.3, 0.4) is 0 Å². The number of nitrogens with one attached hydrogen (secondary N) is 2. The predicted molar refractivity (Wildman–Crippen MR) is 80.4 cm³/mol. The first-order chi connectivity index (χ1) is 9.81. The predicted octanol–water partition coefficient (Wildman–Crippen LogP) is 2.88. The fourth-order valence-corrected chi connectivity index (χ4v) is 3.31. The summed E-state index contributed by atoms with van der Waals surface area (Å²) in [5.41, 5.74) is 1.33. The third-order valence-corrected chi connectivity index (χ3v) is 4.37. The average Bonchev–Trinajstić information content (AvgIpc) is 3.07. The Kier molecular flexibility index (Phi) is 4.05. The van der Waals surface area contributed by atoms with Crippen molar-refractivity contribution in [3.8, 4) is 0 Å². The van der Waals surface area contributed by atoms with Crippen LogP contribution in [0.25, 0.3) is 0 Å². The molecule has 1 aromatic rings. The number of urea groups is 1. The molecule has 0 aliphatic heterocycles. The molecule has 3 atom stereocenters. The normalized spacial score (nSPS) is 26.7. The van der Waals surface area contributed by atoms with E-state index in [1.165, 1.54) is 12.0 Å². The molecule has 0 heterocycles. The van der Waals surface area contributed by atoms with E-state index < -0.39 is 0 Å². The van der Waals surface area contributed by atoms with Gasteiger partial charge >= 0.3 is 6.03 Å². The number of fused-ring (bicyclic) bond motifs is 2. The van der Waals surface area contributed by atoms with Gasteiger partial charge in [-0.15, -0.1) is 0 Å². The van der Waals surface area contributed by atoms with Crippen LogP contribution in [0, 0.1) is 11.8 Å². The first kappa shape index (κ1) is 13.2. The SMILES string of the molecule is O=C(NCCCc1ccccc1)NC1CC2C=CC1C2. The molecular weight excluding hydrogens is 248 g/mol. The van der Waals surface area contributed by atoms with E-state index in [1.54, 1.807) is 0 Å². The molecular formula is C17H22N2O. The molecule has 2 N–H and O–H groups in total. The van der Waals surface area contributed by atoms with Crippen molar-refractivity contribution in [2.45, 2.75) is 31.7 Å². The maximum atomic E-state index is 11.8.